The first-order chi connectivity index (χ1) is 3.71. The molecule has 0 saturated carbocycles. The molecule has 0 aromatic rings. The summed E-state index contributed by atoms with van der Waals surface area (Å²) in [5.74, 6) is 4.08. The van der Waals surface area contributed by atoms with Crippen molar-refractivity contribution in [2.75, 3.05) is 12.4 Å². The van der Waals surface area contributed by atoms with Crippen molar-refractivity contribution >= 4 is 15.7 Å². The normalized spacial score (nSPS) is 39.5. The number of hydrogen-bond acceptors (Lipinski definition) is 2. The highest BCUT2D eigenvalue weighted by atomic mass is 32.2. The molecule has 1 aliphatic heterocycles. The quantitative estimate of drug-likeness (QED) is 0.449. The summed E-state index contributed by atoms with van der Waals surface area (Å²) < 4.78 is 15.8. The average Bonchev–Trinajstić information content (AvgIpc) is 1.65. The van der Waals surface area contributed by atoms with Gasteiger partial charge in [-0.05, 0) is 18.7 Å². The van der Waals surface area contributed by atoms with Gasteiger partial charge in [0.05, 0.1) is 16.4 Å². The van der Waals surface area contributed by atoms with E-state index in [1.165, 1.54) is 0 Å². The second-order valence-electron chi connectivity index (χ2n) is 1.98. The van der Waals surface area contributed by atoms with Crippen LogP contribution in [0.5, 0.6) is 0 Å². The van der Waals surface area contributed by atoms with Crippen LogP contribution in [0.3, 0.4) is 0 Å². The van der Waals surface area contributed by atoms with Gasteiger partial charge in [-0.1, -0.05) is 0 Å². The third kappa shape index (κ3) is 1.49. The molecule has 0 aromatic heterocycles. The Morgan fingerprint density at radius 2 is 2.25 bits per heavy atom. The van der Waals surface area contributed by atoms with Crippen molar-refractivity contribution in [1.29, 1.82) is 0 Å². The van der Waals surface area contributed by atoms with Gasteiger partial charge in [-0.2, -0.15) is 0 Å². The van der Waals surface area contributed by atoms with Gasteiger partial charge in [0.2, 0.25) is 0 Å². The molecule has 3 heteroatoms. The third-order valence-corrected chi connectivity index (χ3v) is 2.65. The van der Waals surface area contributed by atoms with Crippen LogP contribution in [0.15, 0.2) is 0 Å². The molecule has 0 aromatic carbocycles. The van der Waals surface area contributed by atoms with E-state index in [2.05, 4.69) is 5.87 Å². The SMILES string of the molecule is C=S1(=O)CCCCO1. The highest BCUT2D eigenvalue weighted by Gasteiger charge is 2.08. The van der Waals surface area contributed by atoms with Crippen molar-refractivity contribution < 1.29 is 8.39 Å². The highest BCUT2D eigenvalue weighted by molar-refractivity contribution is 7.95. The largest absolute Gasteiger partial charge is 0.298 e. The summed E-state index contributed by atoms with van der Waals surface area (Å²) in [6, 6.07) is 0. The Hall–Kier alpha value is -0.0200. The van der Waals surface area contributed by atoms with Crippen LogP contribution < -0.4 is 0 Å². The first kappa shape index (κ1) is 6.11. The maximum atomic E-state index is 10.9. The fraction of sp³-hybridized carbons (Fsp3) is 0.800. The minimum Gasteiger partial charge on any atom is -0.298 e. The Balaban J connectivity index is 2.58. The van der Waals surface area contributed by atoms with Crippen molar-refractivity contribution in [2.24, 2.45) is 0 Å². The average molecular weight is 134 g/mol. The zero-order chi connectivity index (χ0) is 6.04. The Bertz CT molecular complexity index is 145. The fourth-order valence-corrected chi connectivity index (χ4v) is 1.88. The second-order valence-corrected chi connectivity index (χ2v) is 4.11. The maximum absolute atomic E-state index is 10.9. The molecule has 0 bridgehead atoms. The Kier molecular flexibility index (Phi) is 1.58. The molecule has 48 valence electrons. The van der Waals surface area contributed by atoms with Gasteiger partial charge in [0.25, 0.3) is 0 Å². The molecule has 1 rings (SSSR count). The number of hydrogen-bond donors (Lipinski definition) is 0. The van der Waals surface area contributed by atoms with E-state index < -0.39 is 9.80 Å². The van der Waals surface area contributed by atoms with Crippen LogP contribution >= 0.6 is 0 Å². The lowest BCUT2D eigenvalue weighted by Gasteiger charge is -2.14. The highest BCUT2D eigenvalue weighted by Crippen LogP contribution is 2.06. The van der Waals surface area contributed by atoms with Crippen molar-refractivity contribution in [3.8, 4) is 0 Å². The maximum Gasteiger partial charge on any atom is 0.0770 e. The van der Waals surface area contributed by atoms with E-state index in [4.69, 9.17) is 4.18 Å². The van der Waals surface area contributed by atoms with Gasteiger partial charge in [-0.25, -0.2) is 4.21 Å². The minimum atomic E-state index is -2.08. The Morgan fingerprint density at radius 3 is 2.50 bits per heavy atom. The van der Waals surface area contributed by atoms with Gasteiger partial charge in [0, 0.05) is 5.75 Å². The molecule has 0 spiro atoms. The van der Waals surface area contributed by atoms with E-state index in [1.807, 2.05) is 0 Å². The summed E-state index contributed by atoms with van der Waals surface area (Å²) >= 11 is 0. The predicted molar refractivity (Wildman–Crippen MR) is 35.3 cm³/mol. The van der Waals surface area contributed by atoms with Gasteiger partial charge >= 0.3 is 0 Å². The fourth-order valence-electron chi connectivity index (χ4n) is 0.694. The van der Waals surface area contributed by atoms with Crippen molar-refractivity contribution in [3.05, 3.63) is 0 Å². The van der Waals surface area contributed by atoms with Crippen LogP contribution in [0.4, 0.5) is 0 Å². The molecule has 0 N–H and O–H groups in total. The third-order valence-electron chi connectivity index (χ3n) is 1.15. The van der Waals surface area contributed by atoms with Crippen LogP contribution in [0.1, 0.15) is 12.8 Å². The zero-order valence-electron chi connectivity index (χ0n) is 4.76. The lowest BCUT2D eigenvalue weighted by molar-refractivity contribution is 0.318. The van der Waals surface area contributed by atoms with Crippen molar-refractivity contribution in [1.82, 2.24) is 0 Å². The molecule has 1 heterocycles. The van der Waals surface area contributed by atoms with Crippen LogP contribution in [0.2, 0.25) is 0 Å². The standard InChI is InChI=1S/C5H10O2S/c1-8(6)5-3-2-4-7-8/h1-5H2. The molecule has 8 heavy (non-hydrogen) atoms. The van der Waals surface area contributed by atoms with Crippen LogP contribution in [-0.4, -0.2) is 22.4 Å². The summed E-state index contributed by atoms with van der Waals surface area (Å²) in [6.07, 6.45) is 2.04. The molecule has 1 fully saturated rings. The molecule has 0 radical (unpaired) electrons. The summed E-state index contributed by atoms with van der Waals surface area (Å²) in [5.41, 5.74) is 0. The predicted octanol–water partition coefficient (Wildman–Crippen LogP) is 0.428. The Labute approximate surface area is 50.1 Å². The van der Waals surface area contributed by atoms with Gasteiger partial charge in [-0.3, -0.25) is 4.18 Å². The molecular weight excluding hydrogens is 124 g/mol. The van der Waals surface area contributed by atoms with Crippen molar-refractivity contribution in [2.45, 2.75) is 12.8 Å². The summed E-state index contributed by atoms with van der Waals surface area (Å²) in [7, 11) is -2.08. The smallest absolute Gasteiger partial charge is 0.0770 e. The van der Waals surface area contributed by atoms with E-state index >= 15 is 0 Å². The van der Waals surface area contributed by atoms with E-state index in [0.717, 1.165) is 12.8 Å². The Morgan fingerprint density at radius 1 is 1.50 bits per heavy atom. The first-order valence-corrected chi connectivity index (χ1v) is 4.52. The monoisotopic (exact) mass is 134 g/mol. The molecule has 1 saturated heterocycles. The zero-order valence-corrected chi connectivity index (χ0v) is 5.58. The summed E-state index contributed by atoms with van der Waals surface area (Å²) in [5, 5.41) is 0. The van der Waals surface area contributed by atoms with Gasteiger partial charge < -0.3 is 0 Å². The summed E-state index contributed by atoms with van der Waals surface area (Å²) in [4.78, 5) is 0. The van der Waals surface area contributed by atoms with E-state index in [-0.39, 0.29) is 0 Å². The van der Waals surface area contributed by atoms with Crippen molar-refractivity contribution in [3.63, 3.8) is 0 Å². The molecule has 0 amide bonds. The second kappa shape index (κ2) is 2.07. The topological polar surface area (TPSA) is 26.3 Å². The molecule has 1 unspecified atom stereocenters. The molecule has 0 aliphatic carbocycles. The summed E-state index contributed by atoms with van der Waals surface area (Å²) in [6.45, 7) is 0.627. The van der Waals surface area contributed by atoms with Gasteiger partial charge in [0.15, 0.2) is 0 Å². The molecule has 1 aliphatic rings. The minimum absolute atomic E-state index is 0.627. The molecule has 2 nitrogen and oxygen atoms in total. The van der Waals surface area contributed by atoms with Gasteiger partial charge in [0.1, 0.15) is 0 Å². The molecular formula is C5H10O2S. The first-order valence-electron chi connectivity index (χ1n) is 2.70. The lowest BCUT2D eigenvalue weighted by Crippen LogP contribution is -2.16. The number of rotatable bonds is 0. The van der Waals surface area contributed by atoms with E-state index in [0.29, 0.717) is 12.4 Å². The van der Waals surface area contributed by atoms with E-state index in [9.17, 15) is 4.21 Å². The van der Waals surface area contributed by atoms with Crippen LogP contribution in [0.25, 0.3) is 0 Å². The van der Waals surface area contributed by atoms with E-state index in [1.54, 1.807) is 0 Å². The lowest BCUT2D eigenvalue weighted by atomic mass is 10.4. The van der Waals surface area contributed by atoms with Crippen LogP contribution in [-0.2, 0) is 14.0 Å². The van der Waals surface area contributed by atoms with Gasteiger partial charge in [-0.15, -0.1) is 0 Å². The van der Waals surface area contributed by atoms with Crippen LogP contribution in [0, 0.1) is 0 Å². The molecule has 1 atom stereocenters.